The number of ether oxygens (including phenoxy) is 2. The van der Waals surface area contributed by atoms with Crippen LogP contribution in [0.4, 0.5) is 0 Å². The summed E-state index contributed by atoms with van der Waals surface area (Å²) in [6.45, 7) is 7.27. The Hall–Kier alpha value is -0.120. The normalized spacial score (nSPS) is 39.9. The third-order valence-corrected chi connectivity index (χ3v) is 4.64. The summed E-state index contributed by atoms with van der Waals surface area (Å²) in [4.78, 5) is 0. The minimum absolute atomic E-state index is 0.0307. The SMILES string of the molecule is CC1(C)CC2(CCO1)CNCC1(CCCC1)O2. The molecule has 2 spiro atoms. The van der Waals surface area contributed by atoms with Gasteiger partial charge in [0.25, 0.3) is 0 Å². The Kier molecular flexibility index (Phi) is 2.77. The zero-order valence-corrected chi connectivity index (χ0v) is 11.2. The van der Waals surface area contributed by atoms with E-state index in [-0.39, 0.29) is 16.8 Å². The quantitative estimate of drug-likeness (QED) is 0.703. The van der Waals surface area contributed by atoms with Crippen molar-refractivity contribution in [2.75, 3.05) is 19.7 Å². The zero-order valence-electron chi connectivity index (χ0n) is 11.2. The number of rotatable bonds is 0. The molecule has 1 aliphatic carbocycles. The van der Waals surface area contributed by atoms with E-state index in [9.17, 15) is 0 Å². The summed E-state index contributed by atoms with van der Waals surface area (Å²) < 4.78 is 12.5. The summed E-state index contributed by atoms with van der Waals surface area (Å²) in [6.07, 6.45) is 7.21. The lowest BCUT2D eigenvalue weighted by Crippen LogP contribution is -2.63. The molecule has 3 aliphatic rings. The summed E-state index contributed by atoms with van der Waals surface area (Å²) in [5, 5.41) is 3.64. The molecule has 2 heterocycles. The molecule has 0 aromatic rings. The van der Waals surface area contributed by atoms with E-state index in [4.69, 9.17) is 9.47 Å². The van der Waals surface area contributed by atoms with Crippen molar-refractivity contribution in [3.63, 3.8) is 0 Å². The molecule has 98 valence electrons. The van der Waals surface area contributed by atoms with Crippen LogP contribution in [-0.4, -0.2) is 36.5 Å². The molecule has 0 amide bonds. The molecule has 1 unspecified atom stereocenters. The number of hydrogen-bond acceptors (Lipinski definition) is 3. The first-order chi connectivity index (χ1) is 8.04. The van der Waals surface area contributed by atoms with Crippen LogP contribution in [0.5, 0.6) is 0 Å². The molecule has 1 saturated carbocycles. The lowest BCUT2D eigenvalue weighted by atomic mass is 9.81. The minimum atomic E-state index is -0.0307. The Balaban J connectivity index is 1.77. The minimum Gasteiger partial charge on any atom is -0.375 e. The van der Waals surface area contributed by atoms with Gasteiger partial charge in [-0.25, -0.2) is 0 Å². The zero-order chi connectivity index (χ0) is 12.0. The van der Waals surface area contributed by atoms with E-state index in [1.54, 1.807) is 0 Å². The first-order valence-electron chi connectivity index (χ1n) is 7.08. The van der Waals surface area contributed by atoms with Crippen molar-refractivity contribution in [2.24, 2.45) is 0 Å². The molecular weight excluding hydrogens is 214 g/mol. The summed E-state index contributed by atoms with van der Waals surface area (Å²) in [7, 11) is 0. The Morgan fingerprint density at radius 3 is 2.35 bits per heavy atom. The van der Waals surface area contributed by atoms with E-state index >= 15 is 0 Å². The molecular formula is C14H25NO2. The summed E-state index contributed by atoms with van der Waals surface area (Å²) in [5.74, 6) is 0. The second-order valence-corrected chi connectivity index (χ2v) is 6.81. The molecule has 1 N–H and O–H groups in total. The fourth-order valence-electron chi connectivity index (χ4n) is 4.01. The van der Waals surface area contributed by atoms with Gasteiger partial charge in [-0.15, -0.1) is 0 Å². The summed E-state index contributed by atoms with van der Waals surface area (Å²) in [6, 6.07) is 0. The van der Waals surface area contributed by atoms with E-state index in [2.05, 4.69) is 19.2 Å². The Bertz CT molecular complexity index is 293. The van der Waals surface area contributed by atoms with Crippen LogP contribution in [0.2, 0.25) is 0 Å². The predicted molar refractivity (Wildman–Crippen MR) is 67.1 cm³/mol. The van der Waals surface area contributed by atoms with Gasteiger partial charge in [0.05, 0.1) is 23.4 Å². The maximum Gasteiger partial charge on any atom is 0.0863 e. The third-order valence-electron chi connectivity index (χ3n) is 4.64. The van der Waals surface area contributed by atoms with Crippen LogP contribution in [0.3, 0.4) is 0 Å². The average molecular weight is 239 g/mol. The fourth-order valence-corrected chi connectivity index (χ4v) is 4.01. The predicted octanol–water partition coefficient (Wildman–Crippen LogP) is 2.25. The number of nitrogens with one attached hydrogen (secondary N) is 1. The average Bonchev–Trinajstić information content (AvgIpc) is 2.64. The molecule has 17 heavy (non-hydrogen) atoms. The van der Waals surface area contributed by atoms with Crippen molar-refractivity contribution >= 4 is 0 Å². The molecule has 3 rings (SSSR count). The monoisotopic (exact) mass is 239 g/mol. The van der Waals surface area contributed by atoms with Gasteiger partial charge in [-0.05, 0) is 26.7 Å². The van der Waals surface area contributed by atoms with Gasteiger partial charge in [0, 0.05) is 25.9 Å². The Morgan fingerprint density at radius 1 is 0.941 bits per heavy atom. The van der Waals surface area contributed by atoms with Crippen molar-refractivity contribution in [2.45, 2.75) is 69.2 Å². The Labute approximate surface area is 104 Å². The van der Waals surface area contributed by atoms with Crippen LogP contribution in [0, 0.1) is 0 Å². The van der Waals surface area contributed by atoms with Gasteiger partial charge in [0.1, 0.15) is 0 Å². The fraction of sp³-hybridized carbons (Fsp3) is 1.00. The molecule has 3 fully saturated rings. The lowest BCUT2D eigenvalue weighted by molar-refractivity contribution is -0.233. The van der Waals surface area contributed by atoms with Gasteiger partial charge in [-0.3, -0.25) is 0 Å². The Morgan fingerprint density at radius 2 is 1.65 bits per heavy atom. The number of hydrogen-bond donors (Lipinski definition) is 1. The van der Waals surface area contributed by atoms with Gasteiger partial charge < -0.3 is 14.8 Å². The maximum atomic E-state index is 6.66. The van der Waals surface area contributed by atoms with Crippen LogP contribution in [0.1, 0.15) is 52.4 Å². The van der Waals surface area contributed by atoms with Gasteiger partial charge >= 0.3 is 0 Å². The van der Waals surface area contributed by atoms with Crippen molar-refractivity contribution < 1.29 is 9.47 Å². The number of morpholine rings is 1. The molecule has 0 aromatic heterocycles. The van der Waals surface area contributed by atoms with Crippen LogP contribution < -0.4 is 5.32 Å². The van der Waals surface area contributed by atoms with E-state index in [1.807, 2.05) is 0 Å². The van der Waals surface area contributed by atoms with Crippen molar-refractivity contribution in [1.29, 1.82) is 0 Å². The van der Waals surface area contributed by atoms with E-state index < -0.39 is 0 Å². The third kappa shape index (κ3) is 2.25. The first kappa shape index (κ1) is 11.9. The van der Waals surface area contributed by atoms with Gasteiger partial charge in [0.2, 0.25) is 0 Å². The second-order valence-electron chi connectivity index (χ2n) is 6.81. The highest BCUT2D eigenvalue weighted by atomic mass is 16.5. The molecule has 3 nitrogen and oxygen atoms in total. The van der Waals surface area contributed by atoms with Crippen LogP contribution in [0.25, 0.3) is 0 Å². The lowest BCUT2D eigenvalue weighted by Gasteiger charge is -2.52. The molecule has 1 atom stereocenters. The molecule has 0 radical (unpaired) electrons. The molecule has 2 aliphatic heterocycles. The van der Waals surface area contributed by atoms with Crippen molar-refractivity contribution in [3.8, 4) is 0 Å². The van der Waals surface area contributed by atoms with Gasteiger partial charge in [-0.2, -0.15) is 0 Å². The van der Waals surface area contributed by atoms with Gasteiger partial charge in [0.15, 0.2) is 0 Å². The summed E-state index contributed by atoms with van der Waals surface area (Å²) in [5.41, 5.74) is 0.146. The molecule has 0 aromatic carbocycles. The van der Waals surface area contributed by atoms with E-state index in [0.29, 0.717) is 0 Å². The standard InChI is InChI=1S/C14H25NO2/c1-12(2)9-14(7-8-16-12)11-15-10-13(17-14)5-3-4-6-13/h15H,3-11H2,1-2H3. The molecule has 3 heteroatoms. The van der Waals surface area contributed by atoms with Crippen molar-refractivity contribution in [3.05, 3.63) is 0 Å². The highest BCUT2D eigenvalue weighted by molar-refractivity contribution is 5.02. The largest absolute Gasteiger partial charge is 0.375 e. The topological polar surface area (TPSA) is 30.5 Å². The summed E-state index contributed by atoms with van der Waals surface area (Å²) >= 11 is 0. The maximum absolute atomic E-state index is 6.66. The van der Waals surface area contributed by atoms with E-state index in [1.165, 1.54) is 25.7 Å². The van der Waals surface area contributed by atoms with Crippen LogP contribution in [0.15, 0.2) is 0 Å². The molecule has 2 saturated heterocycles. The highest BCUT2D eigenvalue weighted by Gasteiger charge is 2.50. The van der Waals surface area contributed by atoms with E-state index in [0.717, 1.165) is 32.5 Å². The second kappa shape index (κ2) is 3.94. The van der Waals surface area contributed by atoms with Crippen LogP contribution >= 0.6 is 0 Å². The van der Waals surface area contributed by atoms with Crippen LogP contribution in [-0.2, 0) is 9.47 Å². The molecule has 0 bridgehead atoms. The smallest absolute Gasteiger partial charge is 0.0863 e. The first-order valence-corrected chi connectivity index (χ1v) is 7.08. The highest BCUT2D eigenvalue weighted by Crippen LogP contribution is 2.44. The van der Waals surface area contributed by atoms with Crippen molar-refractivity contribution in [1.82, 2.24) is 5.32 Å². The van der Waals surface area contributed by atoms with Gasteiger partial charge in [-0.1, -0.05) is 12.8 Å².